The lowest BCUT2D eigenvalue weighted by molar-refractivity contribution is -0.385. The van der Waals surface area contributed by atoms with Crippen molar-refractivity contribution in [3.05, 3.63) is 67.5 Å². The predicted molar refractivity (Wildman–Crippen MR) is 105 cm³/mol. The molecule has 3 rings (SSSR count). The summed E-state index contributed by atoms with van der Waals surface area (Å²) in [6.07, 6.45) is 1.52. The van der Waals surface area contributed by atoms with Gasteiger partial charge < -0.3 is 5.11 Å². The zero-order chi connectivity index (χ0) is 18.1. The van der Waals surface area contributed by atoms with Crippen LogP contribution in [-0.2, 0) is 4.79 Å². The van der Waals surface area contributed by atoms with E-state index in [0.717, 1.165) is 16.2 Å². The third-order valence-corrected chi connectivity index (χ3v) is 5.20. The van der Waals surface area contributed by atoms with Gasteiger partial charge in [0.25, 0.3) is 5.91 Å². The van der Waals surface area contributed by atoms with Crippen LogP contribution in [0.3, 0.4) is 0 Å². The van der Waals surface area contributed by atoms with Gasteiger partial charge in [0.1, 0.15) is 0 Å². The molecule has 2 aromatic rings. The second-order valence-electron chi connectivity index (χ2n) is 5.00. The van der Waals surface area contributed by atoms with E-state index in [4.69, 9.17) is 12.2 Å². The number of aromatic hydroxyl groups is 1. The number of rotatable bonds is 3. The summed E-state index contributed by atoms with van der Waals surface area (Å²) >= 11 is 9.74. The van der Waals surface area contributed by atoms with Crippen LogP contribution in [0.2, 0.25) is 0 Å². The molecular weight excluding hydrogens is 428 g/mol. The van der Waals surface area contributed by atoms with Crippen molar-refractivity contribution in [3.8, 4) is 5.75 Å². The molecule has 0 spiro atoms. The number of nitro benzene ring substituents is 1. The minimum atomic E-state index is -0.681. The number of hydrogen-bond acceptors (Lipinski definition) is 6. The molecule has 9 heteroatoms. The van der Waals surface area contributed by atoms with Crippen LogP contribution in [-0.4, -0.2) is 20.3 Å². The highest BCUT2D eigenvalue weighted by Gasteiger charge is 2.33. The third kappa shape index (κ3) is 3.58. The van der Waals surface area contributed by atoms with Gasteiger partial charge in [-0.2, -0.15) is 0 Å². The van der Waals surface area contributed by atoms with Crippen molar-refractivity contribution in [3.63, 3.8) is 0 Å². The molecule has 25 heavy (non-hydrogen) atoms. The Bertz CT molecular complexity index is 928. The Hall–Kier alpha value is -2.23. The molecule has 1 aliphatic rings. The van der Waals surface area contributed by atoms with Crippen LogP contribution in [0.25, 0.3) is 6.08 Å². The van der Waals surface area contributed by atoms with E-state index in [1.54, 1.807) is 24.3 Å². The van der Waals surface area contributed by atoms with Gasteiger partial charge in [-0.1, -0.05) is 46.0 Å². The molecule has 0 radical (unpaired) electrons. The minimum absolute atomic E-state index is 0.298. The smallest absolute Gasteiger partial charge is 0.311 e. The summed E-state index contributed by atoms with van der Waals surface area (Å²) in [7, 11) is 0. The monoisotopic (exact) mass is 436 g/mol. The lowest BCUT2D eigenvalue weighted by Crippen LogP contribution is -2.27. The molecule has 6 nitrogen and oxygen atoms in total. The number of benzene rings is 2. The number of thiocarbonyl (C=S) groups is 1. The van der Waals surface area contributed by atoms with Gasteiger partial charge in [-0.05, 0) is 42.0 Å². The first-order valence-electron chi connectivity index (χ1n) is 6.88. The minimum Gasteiger partial charge on any atom is -0.502 e. The summed E-state index contributed by atoms with van der Waals surface area (Å²) in [4.78, 5) is 24.6. The van der Waals surface area contributed by atoms with E-state index in [2.05, 4.69) is 15.9 Å². The fourth-order valence-electron chi connectivity index (χ4n) is 2.21. The molecule has 0 atom stereocenters. The number of halogens is 1. The maximum atomic E-state index is 12.6. The molecule has 1 saturated heterocycles. The number of phenolic OH excluding ortho intramolecular Hbond substituents is 1. The highest BCUT2D eigenvalue weighted by molar-refractivity contribution is 9.10. The van der Waals surface area contributed by atoms with Gasteiger partial charge in [-0.15, -0.1) is 0 Å². The molecule has 2 aromatic carbocycles. The van der Waals surface area contributed by atoms with E-state index in [-0.39, 0.29) is 5.91 Å². The summed E-state index contributed by atoms with van der Waals surface area (Å²) in [6.45, 7) is 0. The van der Waals surface area contributed by atoms with Crippen molar-refractivity contribution in [1.29, 1.82) is 0 Å². The number of anilines is 1. The van der Waals surface area contributed by atoms with E-state index in [0.29, 0.717) is 20.5 Å². The van der Waals surface area contributed by atoms with Gasteiger partial charge in [-0.25, -0.2) is 0 Å². The van der Waals surface area contributed by atoms with Crippen LogP contribution in [0.4, 0.5) is 11.4 Å². The van der Waals surface area contributed by atoms with Gasteiger partial charge in [0.15, 0.2) is 10.1 Å². The lowest BCUT2D eigenvalue weighted by Gasteiger charge is -2.14. The van der Waals surface area contributed by atoms with Gasteiger partial charge in [0, 0.05) is 10.5 Å². The molecule has 0 bridgehead atoms. The Kier molecular flexibility index (Phi) is 4.89. The van der Waals surface area contributed by atoms with Gasteiger partial charge in [0.05, 0.1) is 15.5 Å². The summed E-state index contributed by atoms with van der Waals surface area (Å²) in [5.74, 6) is -0.724. The number of phenols is 1. The van der Waals surface area contributed by atoms with E-state index in [1.165, 1.54) is 29.2 Å². The lowest BCUT2D eigenvalue weighted by atomic mass is 10.1. The number of hydrogen-bond donors (Lipinski definition) is 1. The summed E-state index contributed by atoms with van der Waals surface area (Å²) in [6, 6.07) is 11.1. The van der Waals surface area contributed by atoms with Crippen LogP contribution >= 0.6 is 39.9 Å². The summed E-state index contributed by atoms with van der Waals surface area (Å²) in [5, 5.41) is 20.4. The largest absolute Gasteiger partial charge is 0.502 e. The van der Waals surface area contributed by atoms with Crippen molar-refractivity contribution in [2.45, 2.75) is 0 Å². The van der Waals surface area contributed by atoms with Crippen LogP contribution in [0.5, 0.6) is 5.75 Å². The molecule has 1 N–H and O–H groups in total. The quantitative estimate of drug-likeness (QED) is 0.330. The maximum Gasteiger partial charge on any atom is 0.311 e. The average Bonchev–Trinajstić information content (AvgIpc) is 2.84. The first-order valence-corrected chi connectivity index (χ1v) is 8.89. The third-order valence-electron chi connectivity index (χ3n) is 3.37. The second-order valence-corrected chi connectivity index (χ2v) is 7.59. The first kappa shape index (κ1) is 17.6. The standard InChI is InChI=1S/C16H9BrN2O4S2/c17-10-2-4-11(5-3-10)18-15(21)14(25-16(18)24)8-9-1-6-13(20)12(7-9)19(22)23/h1-8,20H/b14-8-. The molecule has 0 unspecified atom stereocenters. The Morgan fingerprint density at radius 1 is 1.24 bits per heavy atom. The maximum absolute atomic E-state index is 12.6. The van der Waals surface area contributed by atoms with Crippen molar-refractivity contribution >= 4 is 67.6 Å². The Labute approximate surface area is 160 Å². The van der Waals surface area contributed by atoms with E-state index in [9.17, 15) is 20.0 Å². The molecule has 0 aliphatic carbocycles. The average molecular weight is 437 g/mol. The zero-order valence-electron chi connectivity index (χ0n) is 12.4. The molecule has 1 fully saturated rings. The molecule has 1 heterocycles. The number of carbonyl (C=O) groups is 1. The first-order chi connectivity index (χ1) is 11.9. The van der Waals surface area contributed by atoms with Crippen molar-refractivity contribution in [1.82, 2.24) is 0 Å². The van der Waals surface area contributed by atoms with Crippen LogP contribution in [0.1, 0.15) is 5.56 Å². The van der Waals surface area contributed by atoms with Gasteiger partial charge in [0.2, 0.25) is 0 Å². The summed E-state index contributed by atoms with van der Waals surface area (Å²) < 4.78 is 1.26. The van der Waals surface area contributed by atoms with Crippen LogP contribution in [0, 0.1) is 10.1 Å². The fraction of sp³-hybridized carbons (Fsp3) is 0. The van der Waals surface area contributed by atoms with Crippen molar-refractivity contribution < 1.29 is 14.8 Å². The van der Waals surface area contributed by atoms with E-state index >= 15 is 0 Å². The van der Waals surface area contributed by atoms with Gasteiger partial charge >= 0.3 is 5.69 Å². The van der Waals surface area contributed by atoms with Crippen molar-refractivity contribution in [2.24, 2.45) is 0 Å². The second kappa shape index (κ2) is 6.95. The topological polar surface area (TPSA) is 83.7 Å². The molecule has 0 saturated carbocycles. The summed E-state index contributed by atoms with van der Waals surface area (Å²) in [5.41, 5.74) is 0.656. The number of amides is 1. The Balaban J connectivity index is 1.94. The highest BCUT2D eigenvalue weighted by atomic mass is 79.9. The zero-order valence-corrected chi connectivity index (χ0v) is 15.6. The number of carbonyl (C=O) groups excluding carboxylic acids is 1. The highest BCUT2D eigenvalue weighted by Crippen LogP contribution is 2.37. The van der Waals surface area contributed by atoms with Crippen molar-refractivity contribution in [2.75, 3.05) is 4.90 Å². The molecule has 126 valence electrons. The van der Waals surface area contributed by atoms with Gasteiger partial charge in [-0.3, -0.25) is 19.8 Å². The molecule has 1 amide bonds. The SMILES string of the molecule is O=C1/C(=C/c2ccc(O)c([N+](=O)[O-])c2)SC(=S)N1c1ccc(Br)cc1. The molecule has 1 aliphatic heterocycles. The molecule has 0 aromatic heterocycles. The van der Waals surface area contributed by atoms with Crippen LogP contribution < -0.4 is 4.90 Å². The fourth-order valence-corrected chi connectivity index (χ4v) is 3.77. The Morgan fingerprint density at radius 2 is 1.92 bits per heavy atom. The number of nitrogens with zero attached hydrogens (tertiary/aromatic N) is 2. The number of thioether (sulfide) groups is 1. The molecular formula is C16H9BrN2O4S2. The van der Waals surface area contributed by atoms with E-state index in [1.807, 2.05) is 0 Å². The predicted octanol–water partition coefficient (Wildman–Crippen LogP) is 4.47. The normalized spacial score (nSPS) is 15.9. The van der Waals surface area contributed by atoms with Crippen LogP contribution in [0.15, 0.2) is 51.8 Å². The number of nitro groups is 1. The Morgan fingerprint density at radius 3 is 2.56 bits per heavy atom. The van der Waals surface area contributed by atoms with E-state index < -0.39 is 16.4 Å².